The molecule has 1 aromatic heterocycles. The van der Waals surface area contributed by atoms with Crippen LogP contribution < -0.4 is 16.2 Å². The number of piperidine rings is 1. The zero-order chi connectivity index (χ0) is 23.4. The van der Waals surface area contributed by atoms with Gasteiger partial charge < -0.3 is 24.8 Å². The lowest BCUT2D eigenvalue weighted by Gasteiger charge is -2.43. The highest BCUT2D eigenvalue weighted by Gasteiger charge is 2.37. The van der Waals surface area contributed by atoms with Gasteiger partial charge in [0.2, 0.25) is 11.8 Å². The minimum atomic E-state index is -0.726. The van der Waals surface area contributed by atoms with E-state index >= 15 is 0 Å². The van der Waals surface area contributed by atoms with Crippen LogP contribution in [0.5, 0.6) is 0 Å². The summed E-state index contributed by atoms with van der Waals surface area (Å²) in [5, 5.41) is 5.04. The molecule has 2 aliphatic rings. The van der Waals surface area contributed by atoms with E-state index in [-0.39, 0.29) is 36.5 Å². The van der Waals surface area contributed by atoms with Crippen molar-refractivity contribution in [3.05, 3.63) is 70.1 Å². The van der Waals surface area contributed by atoms with Crippen molar-refractivity contribution in [2.75, 3.05) is 19.6 Å². The second-order valence-corrected chi connectivity index (χ2v) is 8.65. The van der Waals surface area contributed by atoms with Crippen LogP contribution in [0, 0.1) is 5.92 Å². The third-order valence-corrected chi connectivity index (χ3v) is 6.15. The first-order valence-electron chi connectivity index (χ1n) is 11.1. The molecule has 9 heteroatoms. The number of rotatable bonds is 6. The highest BCUT2D eigenvalue weighted by molar-refractivity contribution is 5.89. The number of likely N-dealkylation sites (tertiary alicyclic amines) is 1. The molecule has 4 rings (SSSR count). The second kappa shape index (κ2) is 9.89. The fraction of sp³-hybridized carbons (Fsp3) is 0.417. The summed E-state index contributed by atoms with van der Waals surface area (Å²) in [5.41, 5.74) is 1.80. The predicted molar refractivity (Wildman–Crippen MR) is 120 cm³/mol. The molecular formula is C24H28N4O5. The van der Waals surface area contributed by atoms with Crippen molar-refractivity contribution in [3.63, 3.8) is 0 Å². The number of nitrogens with zero attached hydrogens (tertiary/aromatic N) is 2. The molecule has 3 amide bonds. The quantitative estimate of drug-likeness (QED) is 0.685. The van der Waals surface area contributed by atoms with E-state index in [1.165, 1.54) is 0 Å². The first-order valence-corrected chi connectivity index (χ1v) is 11.1. The topological polar surface area (TPSA) is 110 Å². The van der Waals surface area contributed by atoms with E-state index in [0.29, 0.717) is 19.6 Å². The fourth-order valence-corrected chi connectivity index (χ4v) is 4.63. The number of ether oxygens (including phenoxy) is 1. The van der Waals surface area contributed by atoms with Crippen molar-refractivity contribution in [1.82, 2.24) is 20.1 Å². The molecule has 1 saturated heterocycles. The van der Waals surface area contributed by atoms with Gasteiger partial charge in [0, 0.05) is 37.3 Å². The molecule has 2 bridgehead atoms. The maximum atomic E-state index is 13.0. The van der Waals surface area contributed by atoms with E-state index in [9.17, 15) is 19.2 Å². The standard InChI is InChI=1S/C24H28N4O5/c1-16(26-21(29)11-25-24(32)33-15-17-6-3-2-4-7-17)23(31)27-12-18-10-19(14-27)20-8-5-9-22(30)28(20)13-18/h2-9,16,18-19H,10-15H2,1H3,(H,25,32)(H,26,29). The molecule has 1 aromatic carbocycles. The third kappa shape index (κ3) is 5.42. The van der Waals surface area contributed by atoms with Gasteiger partial charge in [0.05, 0.1) is 0 Å². The number of nitrogens with one attached hydrogen (secondary N) is 2. The van der Waals surface area contributed by atoms with E-state index in [0.717, 1.165) is 17.7 Å². The number of hydrogen-bond donors (Lipinski definition) is 2. The molecule has 0 saturated carbocycles. The van der Waals surface area contributed by atoms with E-state index in [2.05, 4.69) is 10.6 Å². The number of benzene rings is 1. The van der Waals surface area contributed by atoms with Gasteiger partial charge in [-0.3, -0.25) is 14.4 Å². The molecule has 1 fully saturated rings. The number of aromatic nitrogens is 1. The minimum Gasteiger partial charge on any atom is -0.445 e. The molecule has 9 nitrogen and oxygen atoms in total. The summed E-state index contributed by atoms with van der Waals surface area (Å²) in [4.78, 5) is 50.9. The molecule has 33 heavy (non-hydrogen) atoms. The number of hydrogen-bond acceptors (Lipinski definition) is 5. The number of alkyl carbamates (subject to hydrolysis) is 1. The van der Waals surface area contributed by atoms with Crippen LogP contribution in [0.15, 0.2) is 53.3 Å². The van der Waals surface area contributed by atoms with Gasteiger partial charge in [-0.2, -0.15) is 0 Å². The zero-order valence-corrected chi connectivity index (χ0v) is 18.5. The Labute approximate surface area is 191 Å². The maximum Gasteiger partial charge on any atom is 0.407 e. The number of pyridine rings is 1. The normalized spacial score (nSPS) is 19.7. The van der Waals surface area contributed by atoms with Gasteiger partial charge in [0.25, 0.3) is 5.56 Å². The van der Waals surface area contributed by atoms with Crippen LogP contribution in [-0.4, -0.2) is 53.1 Å². The Morgan fingerprint density at radius 1 is 1.06 bits per heavy atom. The minimum absolute atomic E-state index is 0.00240. The molecule has 174 valence electrons. The van der Waals surface area contributed by atoms with Crippen LogP contribution >= 0.6 is 0 Å². The average Bonchev–Trinajstić information content (AvgIpc) is 2.82. The Morgan fingerprint density at radius 2 is 1.85 bits per heavy atom. The van der Waals surface area contributed by atoms with Crippen molar-refractivity contribution in [3.8, 4) is 0 Å². The van der Waals surface area contributed by atoms with E-state index in [1.807, 2.05) is 41.0 Å². The van der Waals surface area contributed by atoms with Crippen molar-refractivity contribution < 1.29 is 19.1 Å². The second-order valence-electron chi connectivity index (χ2n) is 8.65. The Hall–Kier alpha value is -3.62. The molecule has 0 radical (unpaired) electrons. The Morgan fingerprint density at radius 3 is 2.64 bits per heavy atom. The van der Waals surface area contributed by atoms with E-state index in [1.54, 1.807) is 24.0 Å². The van der Waals surface area contributed by atoms with Crippen LogP contribution in [0.3, 0.4) is 0 Å². The van der Waals surface area contributed by atoms with Crippen LogP contribution in [0.4, 0.5) is 4.79 Å². The molecule has 2 N–H and O–H groups in total. The summed E-state index contributed by atoms with van der Waals surface area (Å²) >= 11 is 0. The van der Waals surface area contributed by atoms with Crippen molar-refractivity contribution >= 4 is 17.9 Å². The van der Waals surface area contributed by atoms with Gasteiger partial charge in [0.15, 0.2) is 0 Å². The fourth-order valence-electron chi connectivity index (χ4n) is 4.63. The van der Waals surface area contributed by atoms with Crippen LogP contribution in [0.1, 0.15) is 30.5 Å². The van der Waals surface area contributed by atoms with Crippen molar-refractivity contribution in [2.24, 2.45) is 5.92 Å². The predicted octanol–water partition coefficient (Wildman–Crippen LogP) is 1.23. The lowest BCUT2D eigenvalue weighted by atomic mass is 9.83. The van der Waals surface area contributed by atoms with Crippen molar-refractivity contribution in [2.45, 2.75) is 38.5 Å². The maximum absolute atomic E-state index is 13.0. The lowest BCUT2D eigenvalue weighted by Crippen LogP contribution is -2.54. The Balaban J connectivity index is 1.24. The zero-order valence-electron chi connectivity index (χ0n) is 18.5. The third-order valence-electron chi connectivity index (χ3n) is 6.15. The first kappa shape index (κ1) is 22.6. The highest BCUT2D eigenvalue weighted by atomic mass is 16.5. The smallest absolute Gasteiger partial charge is 0.407 e. The number of amides is 3. The van der Waals surface area contributed by atoms with Gasteiger partial charge in [-0.05, 0) is 30.9 Å². The summed E-state index contributed by atoms with van der Waals surface area (Å²) in [6.45, 7) is 3.13. The SMILES string of the molecule is CC(NC(=O)CNC(=O)OCc1ccccc1)C(=O)N1CC2CC(C1)c1cccc(=O)n1C2. The average molecular weight is 453 g/mol. The number of carbonyl (C=O) groups is 3. The first-order chi connectivity index (χ1) is 15.9. The summed E-state index contributed by atoms with van der Waals surface area (Å²) in [5.74, 6) is -0.318. The van der Waals surface area contributed by atoms with Gasteiger partial charge in [0.1, 0.15) is 19.2 Å². The molecule has 3 unspecified atom stereocenters. The summed E-state index contributed by atoms with van der Waals surface area (Å²) in [6, 6.07) is 13.8. The number of carbonyl (C=O) groups excluding carboxylic acids is 3. The molecule has 2 aliphatic heterocycles. The number of fused-ring (bicyclic) bond motifs is 4. The molecule has 3 heterocycles. The summed E-state index contributed by atoms with van der Waals surface area (Å²) < 4.78 is 6.89. The summed E-state index contributed by atoms with van der Waals surface area (Å²) in [7, 11) is 0. The monoisotopic (exact) mass is 452 g/mol. The Bertz CT molecular complexity index is 1080. The Kier molecular flexibility index (Phi) is 6.76. The lowest BCUT2D eigenvalue weighted by molar-refractivity contribution is -0.138. The van der Waals surface area contributed by atoms with Gasteiger partial charge in [-0.25, -0.2) is 4.79 Å². The molecular weight excluding hydrogens is 424 g/mol. The molecule has 0 spiro atoms. The van der Waals surface area contributed by atoms with Crippen LogP contribution in [0.25, 0.3) is 0 Å². The van der Waals surface area contributed by atoms with Crippen LogP contribution in [-0.2, 0) is 27.5 Å². The highest BCUT2D eigenvalue weighted by Crippen LogP contribution is 2.35. The molecule has 3 atom stereocenters. The van der Waals surface area contributed by atoms with Gasteiger partial charge in [-0.1, -0.05) is 36.4 Å². The summed E-state index contributed by atoms with van der Waals surface area (Å²) in [6.07, 6.45) is 0.244. The van der Waals surface area contributed by atoms with E-state index < -0.39 is 18.0 Å². The van der Waals surface area contributed by atoms with Crippen molar-refractivity contribution in [1.29, 1.82) is 0 Å². The molecule has 0 aliphatic carbocycles. The van der Waals surface area contributed by atoms with Gasteiger partial charge >= 0.3 is 6.09 Å². The largest absolute Gasteiger partial charge is 0.445 e. The molecule has 2 aromatic rings. The van der Waals surface area contributed by atoms with Crippen LogP contribution in [0.2, 0.25) is 0 Å². The van der Waals surface area contributed by atoms with E-state index in [4.69, 9.17) is 4.74 Å². The van der Waals surface area contributed by atoms with Gasteiger partial charge in [-0.15, -0.1) is 0 Å².